The molecule has 1 aliphatic carbocycles. The van der Waals surface area contributed by atoms with E-state index in [-0.39, 0.29) is 17.6 Å². The maximum Gasteiger partial charge on any atom is 0.221 e. The third kappa shape index (κ3) is 2.81. The van der Waals surface area contributed by atoms with E-state index in [0.717, 1.165) is 5.56 Å². The second-order valence-electron chi connectivity index (χ2n) is 4.68. The van der Waals surface area contributed by atoms with E-state index in [1.165, 1.54) is 13.8 Å². The zero-order valence-electron chi connectivity index (χ0n) is 10.9. The number of hydrogen-bond acceptors (Lipinski definition) is 3. The molecule has 1 aromatic rings. The van der Waals surface area contributed by atoms with Crippen molar-refractivity contribution >= 4 is 23.3 Å². The Balaban J connectivity index is 2.37. The van der Waals surface area contributed by atoms with E-state index < -0.39 is 6.04 Å². The molecule has 2 amide bonds. The van der Waals surface area contributed by atoms with Crippen LogP contribution in [0.4, 0.5) is 5.69 Å². The molecular formula is C14H16N2O3. The molecular weight excluding hydrogens is 244 g/mol. The topological polar surface area (TPSA) is 75.3 Å². The second-order valence-corrected chi connectivity index (χ2v) is 4.68. The number of Topliss-reactive ketones (excluding diaryl/α,β-unsaturated/α-hetero) is 1. The Morgan fingerprint density at radius 2 is 1.95 bits per heavy atom. The van der Waals surface area contributed by atoms with Gasteiger partial charge in [0, 0.05) is 19.4 Å². The second kappa shape index (κ2) is 5.22. The van der Waals surface area contributed by atoms with Crippen LogP contribution in [0.1, 0.15) is 36.2 Å². The van der Waals surface area contributed by atoms with Crippen LogP contribution in [0.15, 0.2) is 18.2 Å². The maximum absolute atomic E-state index is 12.4. The van der Waals surface area contributed by atoms with Gasteiger partial charge in [-0.25, -0.2) is 0 Å². The number of nitrogens with one attached hydrogen (secondary N) is 2. The summed E-state index contributed by atoms with van der Waals surface area (Å²) in [4.78, 5) is 34.7. The summed E-state index contributed by atoms with van der Waals surface area (Å²) in [5, 5.41) is 5.32. The van der Waals surface area contributed by atoms with Gasteiger partial charge in [-0.1, -0.05) is 12.1 Å². The van der Waals surface area contributed by atoms with Crippen LogP contribution in [0.2, 0.25) is 0 Å². The summed E-state index contributed by atoms with van der Waals surface area (Å²) in [7, 11) is 0. The highest BCUT2D eigenvalue weighted by Gasteiger charge is 2.30. The Bertz CT molecular complexity index is 552. The van der Waals surface area contributed by atoms with E-state index in [0.29, 0.717) is 24.1 Å². The lowest BCUT2D eigenvalue weighted by atomic mass is 9.86. The minimum Gasteiger partial charge on any atom is -0.346 e. The fraction of sp³-hybridized carbons (Fsp3) is 0.357. The van der Waals surface area contributed by atoms with Gasteiger partial charge < -0.3 is 10.6 Å². The summed E-state index contributed by atoms with van der Waals surface area (Å²) in [6.07, 6.45) is 1.30. The molecule has 0 bridgehead atoms. The van der Waals surface area contributed by atoms with E-state index in [1.54, 1.807) is 6.07 Å². The molecule has 0 saturated carbocycles. The van der Waals surface area contributed by atoms with E-state index in [1.807, 2.05) is 12.1 Å². The minimum absolute atomic E-state index is 0.138. The monoisotopic (exact) mass is 260 g/mol. The molecule has 0 heterocycles. The third-order valence-electron chi connectivity index (χ3n) is 3.10. The van der Waals surface area contributed by atoms with E-state index >= 15 is 0 Å². The van der Waals surface area contributed by atoms with Gasteiger partial charge in [0.15, 0.2) is 5.78 Å². The molecule has 1 aliphatic rings. The fourth-order valence-corrected chi connectivity index (χ4v) is 2.38. The lowest BCUT2D eigenvalue weighted by Crippen LogP contribution is -2.42. The Kier molecular flexibility index (Phi) is 3.64. The number of ketones is 1. The highest BCUT2D eigenvalue weighted by molar-refractivity contribution is 6.10. The van der Waals surface area contributed by atoms with Gasteiger partial charge >= 0.3 is 0 Å². The molecule has 0 aromatic heterocycles. The van der Waals surface area contributed by atoms with Crippen molar-refractivity contribution in [2.24, 2.45) is 0 Å². The van der Waals surface area contributed by atoms with E-state index in [4.69, 9.17) is 0 Å². The van der Waals surface area contributed by atoms with Crippen LogP contribution in [0.3, 0.4) is 0 Å². The normalized spacial score (nSPS) is 17.6. The predicted octanol–water partition coefficient (Wildman–Crippen LogP) is 1.28. The standard InChI is InChI=1S/C14H16N2O3/c1-8(17)15-11-5-3-4-10-6-7-12(16-9(2)18)14(19)13(10)11/h3-5,12H,6-7H2,1-2H3,(H,15,17)(H,16,18). The molecule has 19 heavy (non-hydrogen) atoms. The number of fused-ring (bicyclic) bond motifs is 1. The average Bonchev–Trinajstić information content (AvgIpc) is 2.31. The largest absolute Gasteiger partial charge is 0.346 e. The van der Waals surface area contributed by atoms with Crippen LogP contribution in [-0.2, 0) is 16.0 Å². The van der Waals surface area contributed by atoms with Crippen LogP contribution in [0.5, 0.6) is 0 Å². The number of anilines is 1. The Morgan fingerprint density at radius 3 is 2.58 bits per heavy atom. The number of aryl methyl sites for hydroxylation is 1. The first kappa shape index (κ1) is 13.3. The van der Waals surface area contributed by atoms with Gasteiger partial charge in [-0.15, -0.1) is 0 Å². The number of carbonyl (C=O) groups is 3. The van der Waals surface area contributed by atoms with Gasteiger partial charge in [0.05, 0.1) is 11.7 Å². The average molecular weight is 260 g/mol. The SMILES string of the molecule is CC(=O)Nc1cccc2c1C(=O)C(NC(C)=O)CC2. The number of carbonyl (C=O) groups excluding carboxylic acids is 3. The van der Waals surface area contributed by atoms with Crippen molar-refractivity contribution in [2.45, 2.75) is 32.7 Å². The summed E-state index contributed by atoms with van der Waals surface area (Å²) < 4.78 is 0. The molecule has 2 N–H and O–H groups in total. The molecule has 1 atom stereocenters. The van der Waals surface area contributed by atoms with Gasteiger partial charge in [-0.05, 0) is 24.5 Å². The number of rotatable bonds is 2. The molecule has 100 valence electrons. The number of amides is 2. The zero-order chi connectivity index (χ0) is 14.0. The summed E-state index contributed by atoms with van der Waals surface area (Å²) >= 11 is 0. The van der Waals surface area contributed by atoms with Crippen molar-refractivity contribution in [1.29, 1.82) is 0 Å². The van der Waals surface area contributed by atoms with E-state index in [2.05, 4.69) is 10.6 Å². The zero-order valence-corrected chi connectivity index (χ0v) is 10.9. The van der Waals surface area contributed by atoms with Gasteiger partial charge in [0.2, 0.25) is 11.8 Å². The third-order valence-corrected chi connectivity index (χ3v) is 3.10. The fourth-order valence-electron chi connectivity index (χ4n) is 2.38. The smallest absolute Gasteiger partial charge is 0.221 e. The molecule has 0 spiro atoms. The molecule has 5 heteroatoms. The van der Waals surface area contributed by atoms with Crippen molar-refractivity contribution in [3.05, 3.63) is 29.3 Å². The van der Waals surface area contributed by atoms with Gasteiger partial charge in [0.25, 0.3) is 0 Å². The van der Waals surface area contributed by atoms with Crippen LogP contribution in [0.25, 0.3) is 0 Å². The van der Waals surface area contributed by atoms with Crippen LogP contribution in [0, 0.1) is 0 Å². The first-order chi connectivity index (χ1) is 8.99. The van der Waals surface area contributed by atoms with Gasteiger partial charge in [0.1, 0.15) is 0 Å². The first-order valence-electron chi connectivity index (χ1n) is 6.20. The number of benzene rings is 1. The van der Waals surface area contributed by atoms with Crippen molar-refractivity contribution in [3.63, 3.8) is 0 Å². The van der Waals surface area contributed by atoms with Crippen LogP contribution in [-0.4, -0.2) is 23.6 Å². The van der Waals surface area contributed by atoms with Crippen molar-refractivity contribution in [2.75, 3.05) is 5.32 Å². The number of hydrogen-bond donors (Lipinski definition) is 2. The first-order valence-corrected chi connectivity index (χ1v) is 6.20. The molecule has 1 aromatic carbocycles. The van der Waals surface area contributed by atoms with Crippen LogP contribution >= 0.6 is 0 Å². The molecule has 1 unspecified atom stereocenters. The van der Waals surface area contributed by atoms with Crippen molar-refractivity contribution in [1.82, 2.24) is 5.32 Å². The maximum atomic E-state index is 12.4. The van der Waals surface area contributed by atoms with Crippen molar-refractivity contribution in [3.8, 4) is 0 Å². The predicted molar refractivity (Wildman–Crippen MR) is 71.0 cm³/mol. The molecule has 0 fully saturated rings. The molecule has 0 saturated heterocycles. The van der Waals surface area contributed by atoms with E-state index in [9.17, 15) is 14.4 Å². The Labute approximate surface area is 111 Å². The highest BCUT2D eigenvalue weighted by atomic mass is 16.2. The quantitative estimate of drug-likeness (QED) is 0.841. The summed E-state index contributed by atoms with van der Waals surface area (Å²) in [5.74, 6) is -0.581. The molecule has 2 rings (SSSR count). The molecule has 0 radical (unpaired) electrons. The lowest BCUT2D eigenvalue weighted by molar-refractivity contribution is -0.119. The molecule has 5 nitrogen and oxygen atoms in total. The summed E-state index contributed by atoms with van der Waals surface area (Å²) in [6, 6.07) is 4.90. The Hall–Kier alpha value is -2.17. The highest BCUT2D eigenvalue weighted by Crippen LogP contribution is 2.28. The minimum atomic E-state index is -0.500. The van der Waals surface area contributed by atoms with Crippen LogP contribution < -0.4 is 10.6 Å². The lowest BCUT2D eigenvalue weighted by Gasteiger charge is -2.25. The van der Waals surface area contributed by atoms with Crippen molar-refractivity contribution < 1.29 is 14.4 Å². The summed E-state index contributed by atoms with van der Waals surface area (Å²) in [6.45, 7) is 2.79. The summed E-state index contributed by atoms with van der Waals surface area (Å²) in [5.41, 5.74) is 1.95. The Morgan fingerprint density at radius 1 is 1.21 bits per heavy atom. The van der Waals surface area contributed by atoms with Gasteiger partial charge in [-0.2, -0.15) is 0 Å². The molecule has 0 aliphatic heterocycles. The van der Waals surface area contributed by atoms with Gasteiger partial charge in [-0.3, -0.25) is 14.4 Å².